The van der Waals surface area contributed by atoms with E-state index < -0.39 is 6.10 Å². The van der Waals surface area contributed by atoms with Crippen LogP contribution in [0.25, 0.3) is 0 Å². The lowest BCUT2D eigenvalue weighted by atomic mass is 9.64. The van der Waals surface area contributed by atoms with Crippen LogP contribution in [-0.4, -0.2) is 67.6 Å². The highest BCUT2D eigenvalue weighted by molar-refractivity contribution is 5.78. The number of fused-ring (bicyclic) bond motifs is 1. The molecule has 0 radical (unpaired) electrons. The lowest BCUT2D eigenvalue weighted by molar-refractivity contribution is -0.171. The second-order valence-electron chi connectivity index (χ2n) is 12.6. The Morgan fingerprint density at radius 1 is 1.02 bits per heavy atom. The van der Waals surface area contributed by atoms with Crippen molar-refractivity contribution < 1.29 is 33.6 Å². The molecule has 2 aliphatic carbocycles. The van der Waals surface area contributed by atoms with Gasteiger partial charge in [0.1, 0.15) is 12.2 Å². The standard InChI is InChI=1S/C35H51NO7/c1-8-24(9-2)35(39)43-34-32-25(16-22(4)33(34)42-7)12-10-21(3)28(32)14-13-26-18-27(37)19-31(38)36(26)20-23-11-15-29(40-5)30(17-23)41-6/h10-12,15-17,21-22,24,26-28,32-34,37H,8-9,13-14,18-20H2,1-7H3/t21-,22-,26-,27+,28-,32-,33-,34+/m0/s1. The minimum atomic E-state index is -0.652. The minimum absolute atomic E-state index is 0.00276. The number of carbonyl (C=O) groups excluding carboxylic acids is 2. The van der Waals surface area contributed by atoms with Gasteiger partial charge in [-0.2, -0.15) is 0 Å². The van der Waals surface area contributed by atoms with Gasteiger partial charge in [-0.3, -0.25) is 9.59 Å². The summed E-state index contributed by atoms with van der Waals surface area (Å²) in [4.78, 5) is 28.5. The third kappa shape index (κ3) is 7.28. The van der Waals surface area contributed by atoms with E-state index in [1.807, 2.05) is 36.9 Å². The SMILES string of the molecule is CCC(CC)C(=O)O[C@H]1[C@@H](OC)[C@@H](C)C=C2C=C[C@H](C)[C@H](CC[C@H]3C[C@@H](O)CC(=O)N3Cc3ccc(OC)c(OC)c3)[C@H]21. The first-order valence-corrected chi connectivity index (χ1v) is 16.0. The molecule has 1 saturated heterocycles. The molecule has 0 bridgehead atoms. The fraction of sp³-hybridized carbons (Fsp3) is 0.657. The molecule has 3 aliphatic rings. The molecule has 43 heavy (non-hydrogen) atoms. The van der Waals surface area contributed by atoms with Gasteiger partial charge < -0.3 is 29.0 Å². The Morgan fingerprint density at radius 3 is 2.40 bits per heavy atom. The van der Waals surface area contributed by atoms with Crippen LogP contribution in [-0.2, 0) is 25.6 Å². The van der Waals surface area contributed by atoms with E-state index in [0.29, 0.717) is 24.5 Å². The Morgan fingerprint density at radius 2 is 1.74 bits per heavy atom. The van der Waals surface area contributed by atoms with E-state index in [9.17, 15) is 14.7 Å². The van der Waals surface area contributed by atoms with Gasteiger partial charge in [0.25, 0.3) is 0 Å². The Kier molecular flexibility index (Phi) is 11.3. The summed E-state index contributed by atoms with van der Waals surface area (Å²) in [6.07, 6.45) is 9.18. The van der Waals surface area contributed by atoms with Gasteiger partial charge in [0.2, 0.25) is 5.91 Å². The first-order valence-electron chi connectivity index (χ1n) is 16.0. The summed E-state index contributed by atoms with van der Waals surface area (Å²) in [5.74, 6) is 1.51. The number of benzene rings is 1. The summed E-state index contributed by atoms with van der Waals surface area (Å²) in [5.41, 5.74) is 2.15. The number of esters is 1. The average molecular weight is 598 g/mol. The molecular weight excluding hydrogens is 546 g/mol. The number of ether oxygens (including phenoxy) is 4. The predicted molar refractivity (Wildman–Crippen MR) is 166 cm³/mol. The minimum Gasteiger partial charge on any atom is -0.493 e. The maximum atomic E-state index is 13.3. The third-order valence-corrected chi connectivity index (χ3v) is 9.96. The summed E-state index contributed by atoms with van der Waals surface area (Å²) < 4.78 is 23.2. The molecular formula is C35H51NO7. The maximum Gasteiger partial charge on any atom is 0.309 e. The summed E-state index contributed by atoms with van der Waals surface area (Å²) in [6, 6.07) is 5.61. The van der Waals surface area contributed by atoms with E-state index in [1.165, 1.54) is 5.57 Å². The van der Waals surface area contributed by atoms with Crippen LogP contribution in [0.2, 0.25) is 0 Å². The van der Waals surface area contributed by atoms with Gasteiger partial charge in [-0.05, 0) is 67.2 Å². The first kappa shape index (κ1) is 33.1. The number of nitrogens with zero attached hydrogens (tertiary/aromatic N) is 1. The van der Waals surface area contributed by atoms with Crippen molar-refractivity contribution in [2.24, 2.45) is 29.6 Å². The Balaban J connectivity index is 1.58. The fourth-order valence-corrected chi connectivity index (χ4v) is 7.48. The number of likely N-dealkylation sites (tertiary alicyclic amines) is 1. The van der Waals surface area contributed by atoms with E-state index in [-0.39, 0.29) is 66.1 Å². The van der Waals surface area contributed by atoms with E-state index >= 15 is 0 Å². The summed E-state index contributed by atoms with van der Waals surface area (Å²) >= 11 is 0. The summed E-state index contributed by atoms with van der Waals surface area (Å²) in [6.45, 7) is 8.83. The Bertz CT molecular complexity index is 1170. The number of aliphatic hydroxyl groups excluding tert-OH is 1. The number of hydrogen-bond donors (Lipinski definition) is 1. The Labute approximate surface area is 257 Å². The van der Waals surface area contributed by atoms with E-state index in [0.717, 1.165) is 31.2 Å². The molecule has 0 saturated carbocycles. The zero-order valence-electron chi connectivity index (χ0n) is 27.0. The molecule has 8 nitrogen and oxygen atoms in total. The fourth-order valence-electron chi connectivity index (χ4n) is 7.48. The van der Waals surface area contributed by atoms with Gasteiger partial charge in [-0.15, -0.1) is 0 Å². The second kappa shape index (κ2) is 14.8. The Hall–Kier alpha value is -2.84. The van der Waals surface area contributed by atoms with Crippen LogP contribution in [0.15, 0.2) is 42.0 Å². The van der Waals surface area contributed by atoms with Crippen molar-refractivity contribution in [3.8, 4) is 11.5 Å². The van der Waals surface area contributed by atoms with Crippen LogP contribution in [0.1, 0.15) is 71.8 Å². The van der Waals surface area contributed by atoms with Crippen molar-refractivity contribution in [3.05, 3.63) is 47.6 Å². The van der Waals surface area contributed by atoms with E-state index in [1.54, 1.807) is 21.3 Å². The molecule has 0 unspecified atom stereocenters. The van der Waals surface area contributed by atoms with Crippen LogP contribution in [0.5, 0.6) is 11.5 Å². The average Bonchev–Trinajstić information content (AvgIpc) is 2.98. The maximum absolute atomic E-state index is 13.3. The number of rotatable bonds is 12. The zero-order valence-corrected chi connectivity index (χ0v) is 27.0. The highest BCUT2D eigenvalue weighted by Gasteiger charge is 2.47. The molecule has 0 aromatic heterocycles. The zero-order chi connectivity index (χ0) is 31.3. The first-order chi connectivity index (χ1) is 20.6. The molecule has 8 heteroatoms. The van der Waals surface area contributed by atoms with Crippen molar-refractivity contribution in [1.82, 2.24) is 4.90 Å². The summed E-state index contributed by atoms with van der Waals surface area (Å²) in [7, 11) is 4.91. The van der Waals surface area contributed by atoms with Gasteiger partial charge in [0, 0.05) is 31.5 Å². The van der Waals surface area contributed by atoms with Crippen molar-refractivity contribution in [1.29, 1.82) is 0 Å². The molecule has 1 N–H and O–H groups in total. The van der Waals surface area contributed by atoms with E-state index in [2.05, 4.69) is 32.1 Å². The van der Waals surface area contributed by atoms with Crippen LogP contribution in [0.3, 0.4) is 0 Å². The molecule has 1 aromatic rings. The number of methoxy groups -OCH3 is 3. The van der Waals surface area contributed by atoms with Crippen LogP contribution >= 0.6 is 0 Å². The van der Waals surface area contributed by atoms with Crippen LogP contribution < -0.4 is 9.47 Å². The van der Waals surface area contributed by atoms with Gasteiger partial charge >= 0.3 is 5.97 Å². The number of allylic oxidation sites excluding steroid dienone is 2. The van der Waals surface area contributed by atoms with Gasteiger partial charge in [-0.25, -0.2) is 0 Å². The lowest BCUT2D eigenvalue weighted by Crippen LogP contribution is -2.51. The molecule has 238 valence electrons. The van der Waals surface area contributed by atoms with Crippen molar-refractivity contribution in [3.63, 3.8) is 0 Å². The largest absolute Gasteiger partial charge is 0.493 e. The van der Waals surface area contributed by atoms with Gasteiger partial charge in [-0.1, -0.05) is 52.0 Å². The summed E-state index contributed by atoms with van der Waals surface area (Å²) in [5, 5.41) is 10.6. The predicted octanol–water partition coefficient (Wildman–Crippen LogP) is 5.71. The smallest absolute Gasteiger partial charge is 0.309 e. The number of aliphatic hydroxyl groups is 1. The van der Waals surface area contributed by atoms with Crippen LogP contribution in [0, 0.1) is 29.6 Å². The molecule has 1 aliphatic heterocycles. The van der Waals surface area contributed by atoms with Crippen molar-refractivity contribution in [2.75, 3.05) is 21.3 Å². The van der Waals surface area contributed by atoms with Gasteiger partial charge in [0.05, 0.1) is 32.7 Å². The molecule has 1 fully saturated rings. The highest BCUT2D eigenvalue weighted by atomic mass is 16.6. The van der Waals surface area contributed by atoms with E-state index in [4.69, 9.17) is 18.9 Å². The topological polar surface area (TPSA) is 94.5 Å². The number of hydrogen-bond acceptors (Lipinski definition) is 7. The molecule has 1 aromatic carbocycles. The molecule has 1 amide bonds. The number of amides is 1. The monoisotopic (exact) mass is 597 g/mol. The second-order valence-corrected chi connectivity index (χ2v) is 12.6. The normalized spacial score (nSPS) is 30.6. The highest BCUT2D eigenvalue weighted by Crippen LogP contribution is 2.46. The molecule has 8 atom stereocenters. The molecule has 0 spiro atoms. The van der Waals surface area contributed by atoms with Crippen LogP contribution in [0.4, 0.5) is 0 Å². The quantitative estimate of drug-likeness (QED) is 0.308. The van der Waals surface area contributed by atoms with Gasteiger partial charge in [0.15, 0.2) is 11.5 Å². The third-order valence-electron chi connectivity index (χ3n) is 9.96. The molecule has 1 heterocycles. The van der Waals surface area contributed by atoms with Crippen molar-refractivity contribution >= 4 is 11.9 Å². The number of piperidine rings is 1. The molecule has 4 rings (SSSR count). The number of carbonyl (C=O) groups is 2. The lowest BCUT2D eigenvalue weighted by Gasteiger charge is -2.47. The van der Waals surface area contributed by atoms with Crippen molar-refractivity contribution in [2.45, 2.75) is 97.1 Å².